The van der Waals surface area contributed by atoms with Gasteiger partial charge in [-0.15, -0.1) is 0 Å². The zero-order valence-electron chi connectivity index (χ0n) is 11.2. The summed E-state index contributed by atoms with van der Waals surface area (Å²) in [5.41, 5.74) is 6.88. The summed E-state index contributed by atoms with van der Waals surface area (Å²) >= 11 is 0. The van der Waals surface area contributed by atoms with Crippen molar-refractivity contribution < 1.29 is 14.6 Å². The Bertz CT molecular complexity index is 598. The lowest BCUT2D eigenvalue weighted by molar-refractivity contribution is -0.142. The lowest BCUT2D eigenvalue weighted by atomic mass is 10.1. The third kappa shape index (κ3) is 3.41. The quantitative estimate of drug-likeness (QED) is 0.713. The number of nitrogens with two attached hydrogens (primary N) is 1. The van der Waals surface area contributed by atoms with Crippen molar-refractivity contribution in [2.24, 2.45) is 5.92 Å². The van der Waals surface area contributed by atoms with Gasteiger partial charge < -0.3 is 20.1 Å². The smallest absolute Gasteiger partial charge is 0.302 e. The summed E-state index contributed by atoms with van der Waals surface area (Å²) in [6.45, 7) is 2.10. The Labute approximate surface area is 115 Å². The fourth-order valence-electron chi connectivity index (χ4n) is 1.82. The third-order valence-corrected chi connectivity index (χ3v) is 2.94. The topological polar surface area (TPSA) is 116 Å². The molecule has 0 aromatic carbocycles. The summed E-state index contributed by atoms with van der Waals surface area (Å²) in [5.74, 6) is -0.273. The molecule has 0 radical (unpaired) electrons. The number of aliphatic hydroxyl groups excluding tert-OH is 1. The number of esters is 1. The van der Waals surface area contributed by atoms with Crippen LogP contribution in [-0.2, 0) is 16.1 Å². The van der Waals surface area contributed by atoms with Crippen LogP contribution >= 0.6 is 0 Å². The van der Waals surface area contributed by atoms with Gasteiger partial charge in [-0.3, -0.25) is 4.79 Å². The van der Waals surface area contributed by atoms with E-state index in [-0.39, 0.29) is 31.0 Å². The maximum absolute atomic E-state index is 10.8. The fourth-order valence-corrected chi connectivity index (χ4v) is 1.82. The molecule has 0 aliphatic carbocycles. The number of carbonyl (C=O) groups excluding carboxylic acids is 1. The number of rotatable bonds is 6. The van der Waals surface area contributed by atoms with E-state index in [0.29, 0.717) is 24.1 Å². The minimum atomic E-state index is -0.350. The predicted molar refractivity (Wildman–Crippen MR) is 71.6 cm³/mol. The number of nitrogen functional groups attached to an aromatic ring is 1. The minimum absolute atomic E-state index is 0.0446. The molecule has 108 valence electrons. The zero-order chi connectivity index (χ0) is 14.5. The van der Waals surface area contributed by atoms with Crippen molar-refractivity contribution in [1.82, 2.24) is 19.5 Å². The van der Waals surface area contributed by atoms with Gasteiger partial charge in [-0.05, 0) is 6.42 Å². The predicted octanol–water partition coefficient (Wildman–Crippen LogP) is -0.0298. The molecule has 0 spiro atoms. The van der Waals surface area contributed by atoms with Crippen molar-refractivity contribution in [3.63, 3.8) is 0 Å². The molecule has 0 aliphatic heterocycles. The first-order valence-corrected chi connectivity index (χ1v) is 6.27. The number of carbonyl (C=O) groups is 1. The summed E-state index contributed by atoms with van der Waals surface area (Å²) in [6.07, 6.45) is 3.86. The van der Waals surface area contributed by atoms with Crippen molar-refractivity contribution in [2.45, 2.75) is 19.9 Å². The minimum Gasteiger partial charge on any atom is -0.465 e. The number of fused-ring (bicyclic) bond motifs is 1. The number of imidazole rings is 1. The lowest BCUT2D eigenvalue weighted by Crippen LogP contribution is -2.18. The molecule has 2 aromatic rings. The van der Waals surface area contributed by atoms with E-state index in [0.717, 1.165) is 0 Å². The van der Waals surface area contributed by atoms with Gasteiger partial charge in [0.1, 0.15) is 5.52 Å². The van der Waals surface area contributed by atoms with Gasteiger partial charge in [0.2, 0.25) is 5.95 Å². The van der Waals surface area contributed by atoms with Crippen LogP contribution in [0.2, 0.25) is 0 Å². The highest BCUT2D eigenvalue weighted by Gasteiger charge is 2.12. The van der Waals surface area contributed by atoms with E-state index >= 15 is 0 Å². The van der Waals surface area contributed by atoms with E-state index < -0.39 is 0 Å². The van der Waals surface area contributed by atoms with E-state index in [9.17, 15) is 9.90 Å². The molecule has 0 amide bonds. The Kier molecular flexibility index (Phi) is 4.46. The first-order valence-electron chi connectivity index (χ1n) is 6.27. The number of hydrogen-bond acceptors (Lipinski definition) is 7. The normalized spacial score (nSPS) is 12.5. The Morgan fingerprint density at radius 2 is 2.35 bits per heavy atom. The molecule has 3 N–H and O–H groups in total. The van der Waals surface area contributed by atoms with Gasteiger partial charge in [0.15, 0.2) is 5.65 Å². The molecule has 0 fully saturated rings. The Balaban J connectivity index is 2.00. The van der Waals surface area contributed by atoms with Crippen LogP contribution in [0, 0.1) is 5.92 Å². The molecule has 1 atom stereocenters. The van der Waals surface area contributed by atoms with E-state index in [2.05, 4.69) is 15.0 Å². The van der Waals surface area contributed by atoms with E-state index in [1.807, 2.05) is 4.57 Å². The first-order chi connectivity index (χ1) is 9.60. The maximum atomic E-state index is 10.8. The maximum Gasteiger partial charge on any atom is 0.302 e. The van der Waals surface area contributed by atoms with Crippen LogP contribution in [0.4, 0.5) is 5.95 Å². The number of anilines is 1. The molecule has 8 heteroatoms. The van der Waals surface area contributed by atoms with E-state index in [4.69, 9.17) is 10.5 Å². The van der Waals surface area contributed by atoms with Gasteiger partial charge in [0.25, 0.3) is 0 Å². The highest BCUT2D eigenvalue weighted by molar-refractivity contribution is 5.70. The highest BCUT2D eigenvalue weighted by Crippen LogP contribution is 2.13. The number of aromatic nitrogens is 4. The van der Waals surface area contributed by atoms with Crippen LogP contribution in [0.25, 0.3) is 11.2 Å². The van der Waals surface area contributed by atoms with Crippen LogP contribution in [-0.4, -0.2) is 43.8 Å². The van der Waals surface area contributed by atoms with Crippen molar-refractivity contribution >= 4 is 23.1 Å². The molecule has 20 heavy (non-hydrogen) atoms. The second-order valence-electron chi connectivity index (χ2n) is 4.51. The molecule has 0 saturated carbocycles. The molecule has 8 nitrogen and oxygen atoms in total. The molecule has 0 bridgehead atoms. The molecule has 0 unspecified atom stereocenters. The number of aryl methyl sites for hydroxylation is 1. The van der Waals surface area contributed by atoms with Gasteiger partial charge in [-0.25, -0.2) is 9.97 Å². The molecular formula is C12H17N5O3. The summed E-state index contributed by atoms with van der Waals surface area (Å²) in [6, 6.07) is 0. The van der Waals surface area contributed by atoms with Crippen LogP contribution in [0.5, 0.6) is 0 Å². The molecule has 2 heterocycles. The number of hydrogen-bond donors (Lipinski definition) is 2. The first kappa shape index (κ1) is 14.2. The van der Waals surface area contributed by atoms with Crippen molar-refractivity contribution in [3.05, 3.63) is 12.5 Å². The molecule has 0 aliphatic rings. The summed E-state index contributed by atoms with van der Waals surface area (Å²) in [5, 5.41) is 9.26. The standard InChI is InChI=1S/C12H17N5O3/c1-8(19)20-6-9(5-18)2-3-17-7-15-10-4-14-12(13)16-11(10)17/h4,7,9,18H,2-3,5-6H2,1H3,(H2,13,14,16)/t9-/m1/s1. The van der Waals surface area contributed by atoms with Crippen molar-refractivity contribution in [2.75, 3.05) is 18.9 Å². The van der Waals surface area contributed by atoms with Gasteiger partial charge in [0, 0.05) is 26.0 Å². The van der Waals surface area contributed by atoms with Crippen molar-refractivity contribution in [1.29, 1.82) is 0 Å². The molecular weight excluding hydrogens is 262 g/mol. The molecule has 2 aromatic heterocycles. The SMILES string of the molecule is CC(=O)OC[C@@H](CO)CCn1cnc2cnc(N)nc21. The number of nitrogens with zero attached hydrogens (tertiary/aromatic N) is 4. The average molecular weight is 279 g/mol. The lowest BCUT2D eigenvalue weighted by Gasteiger charge is -2.14. The van der Waals surface area contributed by atoms with Gasteiger partial charge >= 0.3 is 5.97 Å². The Morgan fingerprint density at radius 1 is 1.55 bits per heavy atom. The van der Waals surface area contributed by atoms with Crippen LogP contribution in [0.3, 0.4) is 0 Å². The average Bonchev–Trinajstić information content (AvgIpc) is 2.81. The van der Waals surface area contributed by atoms with Crippen LogP contribution < -0.4 is 5.73 Å². The Hall–Kier alpha value is -2.22. The second kappa shape index (κ2) is 6.29. The van der Waals surface area contributed by atoms with E-state index in [1.165, 1.54) is 6.92 Å². The Morgan fingerprint density at radius 3 is 3.05 bits per heavy atom. The van der Waals surface area contributed by atoms with Gasteiger partial charge in [-0.1, -0.05) is 0 Å². The number of aliphatic hydroxyl groups is 1. The second-order valence-corrected chi connectivity index (χ2v) is 4.51. The van der Waals surface area contributed by atoms with Crippen molar-refractivity contribution in [3.8, 4) is 0 Å². The monoisotopic (exact) mass is 279 g/mol. The number of ether oxygens (including phenoxy) is 1. The molecule has 2 rings (SSSR count). The van der Waals surface area contributed by atoms with Gasteiger partial charge in [-0.2, -0.15) is 4.98 Å². The molecule has 0 saturated heterocycles. The summed E-state index contributed by atoms with van der Waals surface area (Å²) < 4.78 is 6.74. The fraction of sp³-hybridized carbons (Fsp3) is 0.500. The van der Waals surface area contributed by atoms with Gasteiger partial charge in [0.05, 0.1) is 19.1 Å². The van der Waals surface area contributed by atoms with Crippen LogP contribution in [0.15, 0.2) is 12.5 Å². The zero-order valence-corrected chi connectivity index (χ0v) is 11.2. The highest BCUT2D eigenvalue weighted by atomic mass is 16.5. The third-order valence-electron chi connectivity index (χ3n) is 2.94. The van der Waals surface area contributed by atoms with Crippen LogP contribution in [0.1, 0.15) is 13.3 Å². The summed E-state index contributed by atoms with van der Waals surface area (Å²) in [4.78, 5) is 22.9. The van der Waals surface area contributed by atoms with E-state index in [1.54, 1.807) is 12.5 Å². The summed E-state index contributed by atoms with van der Waals surface area (Å²) in [7, 11) is 0. The largest absolute Gasteiger partial charge is 0.465 e.